The van der Waals surface area contributed by atoms with E-state index in [4.69, 9.17) is 9.72 Å². The van der Waals surface area contributed by atoms with Crippen LogP contribution in [0, 0.1) is 19.7 Å². The summed E-state index contributed by atoms with van der Waals surface area (Å²) in [6.07, 6.45) is 0. The molecule has 2 saturated heterocycles. The van der Waals surface area contributed by atoms with Gasteiger partial charge in [0, 0.05) is 56.6 Å². The molecule has 0 saturated carbocycles. The summed E-state index contributed by atoms with van der Waals surface area (Å²) < 4.78 is 19.2. The number of morpholine rings is 1. The highest BCUT2D eigenvalue weighted by Gasteiger charge is 2.24. The van der Waals surface area contributed by atoms with Crippen molar-refractivity contribution < 1.29 is 13.9 Å². The summed E-state index contributed by atoms with van der Waals surface area (Å²) in [5.74, 6) is 1.14. The number of amides is 1. The van der Waals surface area contributed by atoms with Crippen molar-refractivity contribution in [3.05, 3.63) is 46.9 Å². The van der Waals surface area contributed by atoms with E-state index >= 15 is 0 Å². The van der Waals surface area contributed by atoms with E-state index in [9.17, 15) is 9.18 Å². The number of anilines is 2. The molecule has 1 amide bonds. The van der Waals surface area contributed by atoms with Crippen molar-refractivity contribution >= 4 is 17.7 Å². The Labute approximate surface area is 170 Å². The van der Waals surface area contributed by atoms with Crippen LogP contribution in [-0.2, 0) is 4.74 Å². The van der Waals surface area contributed by atoms with E-state index in [0.29, 0.717) is 50.5 Å². The molecule has 0 unspecified atom stereocenters. The lowest BCUT2D eigenvalue weighted by molar-refractivity contribution is 0.0746. The van der Waals surface area contributed by atoms with Gasteiger partial charge >= 0.3 is 0 Å². The highest BCUT2D eigenvalue weighted by atomic mass is 19.1. The second kappa shape index (κ2) is 8.32. The quantitative estimate of drug-likeness (QED) is 0.787. The molecule has 8 heteroatoms. The standard InChI is InChI=1S/C21H26FN5O2/c1-15-3-4-17(14-18(15)22)20(28)26-7-5-25(6-8-26)19-13-16(2)23-21(24-19)27-9-11-29-12-10-27/h3-4,13-14H,5-12H2,1-2H3. The Hall–Kier alpha value is -2.74. The van der Waals surface area contributed by atoms with Gasteiger partial charge in [-0.05, 0) is 31.5 Å². The van der Waals surface area contributed by atoms with E-state index in [-0.39, 0.29) is 11.7 Å². The molecule has 0 aliphatic carbocycles. The van der Waals surface area contributed by atoms with Crippen molar-refractivity contribution in [3.63, 3.8) is 0 Å². The van der Waals surface area contributed by atoms with E-state index in [0.717, 1.165) is 30.5 Å². The fourth-order valence-corrected chi connectivity index (χ4v) is 3.65. The molecule has 7 nitrogen and oxygen atoms in total. The maximum Gasteiger partial charge on any atom is 0.254 e. The molecule has 0 spiro atoms. The Bertz CT molecular complexity index is 893. The van der Waals surface area contributed by atoms with Gasteiger partial charge < -0.3 is 19.4 Å². The summed E-state index contributed by atoms with van der Waals surface area (Å²) in [5.41, 5.74) is 1.86. The number of carbonyl (C=O) groups is 1. The zero-order valence-corrected chi connectivity index (χ0v) is 16.9. The number of ether oxygens (including phenoxy) is 1. The molecule has 0 N–H and O–H groups in total. The van der Waals surface area contributed by atoms with Crippen LogP contribution in [0.2, 0.25) is 0 Å². The number of carbonyl (C=O) groups excluding carboxylic acids is 1. The van der Waals surface area contributed by atoms with Crippen LogP contribution < -0.4 is 9.80 Å². The lowest BCUT2D eigenvalue weighted by atomic mass is 10.1. The predicted molar refractivity (Wildman–Crippen MR) is 109 cm³/mol. The van der Waals surface area contributed by atoms with Gasteiger partial charge in [-0.2, -0.15) is 4.98 Å². The van der Waals surface area contributed by atoms with Crippen LogP contribution in [0.3, 0.4) is 0 Å². The SMILES string of the molecule is Cc1cc(N2CCN(C(=O)c3ccc(C)c(F)c3)CC2)nc(N2CCOCC2)n1. The third-order valence-electron chi connectivity index (χ3n) is 5.43. The zero-order valence-electron chi connectivity index (χ0n) is 16.9. The molecule has 0 atom stereocenters. The normalized spacial score (nSPS) is 17.6. The first-order valence-electron chi connectivity index (χ1n) is 10.00. The molecule has 2 aliphatic rings. The molecular formula is C21H26FN5O2. The second-order valence-corrected chi connectivity index (χ2v) is 7.51. The van der Waals surface area contributed by atoms with Crippen molar-refractivity contribution in [1.82, 2.24) is 14.9 Å². The van der Waals surface area contributed by atoms with Crippen LogP contribution in [0.15, 0.2) is 24.3 Å². The van der Waals surface area contributed by atoms with Gasteiger partial charge in [0.15, 0.2) is 0 Å². The average Bonchev–Trinajstić information content (AvgIpc) is 2.75. The summed E-state index contributed by atoms with van der Waals surface area (Å²) in [6.45, 7) is 9.13. The number of benzene rings is 1. The zero-order chi connectivity index (χ0) is 20.4. The Morgan fingerprint density at radius 3 is 2.38 bits per heavy atom. The third kappa shape index (κ3) is 4.32. The number of nitrogens with zero attached hydrogens (tertiary/aromatic N) is 5. The van der Waals surface area contributed by atoms with Crippen molar-refractivity contribution in [3.8, 4) is 0 Å². The van der Waals surface area contributed by atoms with Crippen molar-refractivity contribution in [2.45, 2.75) is 13.8 Å². The number of rotatable bonds is 3. The molecule has 4 rings (SSSR count). The highest BCUT2D eigenvalue weighted by molar-refractivity contribution is 5.94. The highest BCUT2D eigenvalue weighted by Crippen LogP contribution is 2.21. The van der Waals surface area contributed by atoms with E-state index in [2.05, 4.69) is 14.8 Å². The van der Waals surface area contributed by atoms with E-state index in [1.165, 1.54) is 6.07 Å². The Morgan fingerprint density at radius 2 is 1.69 bits per heavy atom. The van der Waals surface area contributed by atoms with Gasteiger partial charge in [-0.3, -0.25) is 4.79 Å². The second-order valence-electron chi connectivity index (χ2n) is 7.51. The van der Waals surface area contributed by atoms with Gasteiger partial charge in [0.1, 0.15) is 11.6 Å². The summed E-state index contributed by atoms with van der Waals surface area (Å²) >= 11 is 0. The molecule has 0 radical (unpaired) electrons. The van der Waals surface area contributed by atoms with Gasteiger partial charge in [-0.25, -0.2) is 9.37 Å². The lowest BCUT2D eigenvalue weighted by Crippen LogP contribution is -2.49. The number of hydrogen-bond donors (Lipinski definition) is 0. The molecule has 2 aromatic rings. The van der Waals surface area contributed by atoms with Crippen LogP contribution in [0.25, 0.3) is 0 Å². The molecule has 3 heterocycles. The largest absolute Gasteiger partial charge is 0.378 e. The lowest BCUT2D eigenvalue weighted by Gasteiger charge is -2.36. The van der Waals surface area contributed by atoms with E-state index in [1.807, 2.05) is 13.0 Å². The molecule has 2 fully saturated rings. The fourth-order valence-electron chi connectivity index (χ4n) is 3.65. The molecule has 0 bridgehead atoms. The number of aromatic nitrogens is 2. The fraction of sp³-hybridized carbons (Fsp3) is 0.476. The minimum absolute atomic E-state index is 0.128. The van der Waals surface area contributed by atoms with E-state index < -0.39 is 0 Å². The Kier molecular flexibility index (Phi) is 5.62. The summed E-state index contributed by atoms with van der Waals surface area (Å²) in [5, 5.41) is 0. The van der Waals surface area contributed by atoms with Gasteiger partial charge in [-0.15, -0.1) is 0 Å². The van der Waals surface area contributed by atoms with Crippen LogP contribution in [0.5, 0.6) is 0 Å². The molecule has 2 aliphatic heterocycles. The van der Waals surface area contributed by atoms with Gasteiger partial charge in [0.05, 0.1) is 13.2 Å². The van der Waals surface area contributed by atoms with E-state index in [1.54, 1.807) is 24.0 Å². The number of hydrogen-bond acceptors (Lipinski definition) is 6. The van der Waals surface area contributed by atoms with Crippen molar-refractivity contribution in [2.24, 2.45) is 0 Å². The maximum absolute atomic E-state index is 13.8. The predicted octanol–water partition coefficient (Wildman–Crippen LogP) is 2.03. The van der Waals surface area contributed by atoms with Crippen molar-refractivity contribution in [1.29, 1.82) is 0 Å². The summed E-state index contributed by atoms with van der Waals surface area (Å²) in [7, 11) is 0. The van der Waals surface area contributed by atoms with Gasteiger partial charge in [-0.1, -0.05) is 6.07 Å². The summed E-state index contributed by atoms with van der Waals surface area (Å²) in [4.78, 5) is 28.2. The number of piperazine rings is 1. The van der Waals surface area contributed by atoms with Crippen LogP contribution in [0.4, 0.5) is 16.2 Å². The molecule has 1 aromatic carbocycles. The van der Waals surface area contributed by atoms with Gasteiger partial charge in [0.25, 0.3) is 5.91 Å². The first-order chi connectivity index (χ1) is 14.0. The smallest absolute Gasteiger partial charge is 0.254 e. The Morgan fingerprint density at radius 1 is 0.966 bits per heavy atom. The van der Waals surface area contributed by atoms with Crippen LogP contribution in [-0.4, -0.2) is 73.3 Å². The van der Waals surface area contributed by atoms with Gasteiger partial charge in [0.2, 0.25) is 5.95 Å². The van der Waals surface area contributed by atoms with Crippen LogP contribution in [0.1, 0.15) is 21.6 Å². The molecular weight excluding hydrogens is 373 g/mol. The van der Waals surface area contributed by atoms with Crippen LogP contribution >= 0.6 is 0 Å². The third-order valence-corrected chi connectivity index (χ3v) is 5.43. The maximum atomic E-state index is 13.8. The monoisotopic (exact) mass is 399 g/mol. The number of halogens is 1. The first-order valence-corrected chi connectivity index (χ1v) is 10.00. The molecule has 154 valence electrons. The first kappa shape index (κ1) is 19.6. The topological polar surface area (TPSA) is 61.8 Å². The Balaban J connectivity index is 1.43. The number of aryl methyl sites for hydroxylation is 2. The average molecular weight is 399 g/mol. The molecule has 29 heavy (non-hydrogen) atoms. The molecule has 1 aromatic heterocycles. The minimum Gasteiger partial charge on any atom is -0.378 e. The minimum atomic E-state index is -0.346. The van der Waals surface area contributed by atoms with Crippen molar-refractivity contribution in [2.75, 3.05) is 62.3 Å². The summed E-state index contributed by atoms with van der Waals surface area (Å²) in [6, 6.07) is 6.65.